The van der Waals surface area contributed by atoms with Crippen LogP contribution in [0, 0.1) is 0 Å². The van der Waals surface area contributed by atoms with E-state index < -0.39 is 0 Å². The Bertz CT molecular complexity index is 262. The molecular weight excluding hydrogens is 175 g/mol. The van der Waals surface area contributed by atoms with Gasteiger partial charge in [-0.05, 0) is 13.8 Å². The first-order valence-corrected chi connectivity index (χ1v) is 5.65. The highest BCUT2D eigenvalue weighted by Gasteiger charge is 2.30. The second-order valence-corrected chi connectivity index (χ2v) is 6.53. The van der Waals surface area contributed by atoms with E-state index in [1.54, 1.807) is 0 Å². The van der Waals surface area contributed by atoms with Gasteiger partial charge in [-0.2, -0.15) is 0 Å². The topological polar surface area (TPSA) is 0 Å². The van der Waals surface area contributed by atoms with E-state index in [0.29, 0.717) is 0 Å². The van der Waals surface area contributed by atoms with Crippen LogP contribution in [0.5, 0.6) is 0 Å². The lowest BCUT2D eigenvalue weighted by Crippen LogP contribution is -2.19. The first kappa shape index (κ1) is 8.97. The highest BCUT2D eigenvalue weighted by atomic mass is 31.1. The fourth-order valence-electron chi connectivity index (χ4n) is 1.88. The first-order valence-electron chi connectivity index (χ1n) is 4.65. The molecule has 13 heavy (non-hydrogen) atoms. The average molecular weight is 190 g/mol. The van der Waals surface area contributed by atoms with Gasteiger partial charge in [0.15, 0.2) is 0 Å². The predicted octanol–water partition coefficient (Wildman–Crippen LogP) is 3.43. The van der Waals surface area contributed by atoms with Crippen LogP contribution in [0.1, 0.15) is 13.8 Å². The van der Waals surface area contributed by atoms with E-state index >= 15 is 0 Å². The molecular formula is C12H15P. The van der Waals surface area contributed by atoms with E-state index in [4.69, 9.17) is 0 Å². The highest BCUT2D eigenvalue weighted by Crippen LogP contribution is 2.49. The van der Waals surface area contributed by atoms with Gasteiger partial charge in [-0.15, -0.1) is 0 Å². The quantitative estimate of drug-likeness (QED) is 0.585. The molecule has 2 rings (SSSR count). The molecule has 0 aliphatic heterocycles. The summed E-state index contributed by atoms with van der Waals surface area (Å²) in [5.74, 6) is 0. The molecule has 0 fully saturated rings. The van der Waals surface area contributed by atoms with E-state index in [0.717, 1.165) is 8.58 Å². The average Bonchev–Trinajstić information content (AvgIpc) is 2.60. The molecule has 0 unspecified atom stereocenters. The summed E-state index contributed by atoms with van der Waals surface area (Å²) < 4.78 is 0. The van der Waals surface area contributed by atoms with Crippen LogP contribution >= 0.6 is 8.58 Å². The molecule has 0 heterocycles. The monoisotopic (exact) mass is 190 g/mol. The molecule has 0 atom stereocenters. The summed E-state index contributed by atoms with van der Waals surface area (Å²) in [6.45, 7) is 4.60. The Morgan fingerprint density at radius 3 is 1.31 bits per heavy atom. The van der Waals surface area contributed by atoms with Gasteiger partial charge < -0.3 is 0 Å². The molecule has 0 saturated carbocycles. The molecule has 0 bridgehead atoms. The SMILES string of the molecule is CC1(PC2(C)C=CC=C2)C=CC=C1. The largest absolute Gasteiger partial charge is 0.0936 e. The second-order valence-electron chi connectivity index (χ2n) is 4.13. The molecule has 2 aliphatic rings. The van der Waals surface area contributed by atoms with Gasteiger partial charge in [0.25, 0.3) is 0 Å². The van der Waals surface area contributed by atoms with Gasteiger partial charge in [-0.3, -0.25) is 0 Å². The maximum Gasteiger partial charge on any atom is 0.0223 e. The van der Waals surface area contributed by atoms with Crippen molar-refractivity contribution >= 4 is 8.58 Å². The van der Waals surface area contributed by atoms with E-state index in [-0.39, 0.29) is 10.3 Å². The van der Waals surface area contributed by atoms with Crippen LogP contribution in [0.25, 0.3) is 0 Å². The lowest BCUT2D eigenvalue weighted by Gasteiger charge is -2.29. The number of hydrogen-bond acceptors (Lipinski definition) is 0. The van der Waals surface area contributed by atoms with Gasteiger partial charge in [0.05, 0.1) is 0 Å². The smallest absolute Gasteiger partial charge is 0.0223 e. The van der Waals surface area contributed by atoms with Gasteiger partial charge in [0, 0.05) is 10.3 Å². The Hall–Kier alpha value is -0.610. The maximum absolute atomic E-state index is 2.30. The lowest BCUT2D eigenvalue weighted by atomic mass is 10.2. The van der Waals surface area contributed by atoms with Crippen molar-refractivity contribution in [1.29, 1.82) is 0 Å². The first-order chi connectivity index (χ1) is 6.12. The van der Waals surface area contributed by atoms with E-state index in [1.807, 2.05) is 0 Å². The van der Waals surface area contributed by atoms with Crippen molar-refractivity contribution in [1.82, 2.24) is 0 Å². The molecule has 0 nitrogen and oxygen atoms in total. The molecule has 0 spiro atoms. The molecule has 0 N–H and O–H groups in total. The Kier molecular flexibility index (Phi) is 2.04. The van der Waals surface area contributed by atoms with Crippen LogP contribution in [-0.4, -0.2) is 10.3 Å². The van der Waals surface area contributed by atoms with Crippen molar-refractivity contribution in [2.45, 2.75) is 24.2 Å². The molecule has 0 aromatic rings. The summed E-state index contributed by atoms with van der Waals surface area (Å²) in [5, 5.41) is 0.571. The minimum absolute atomic E-state index is 0.285. The molecule has 2 aliphatic carbocycles. The lowest BCUT2D eigenvalue weighted by molar-refractivity contribution is 0.938. The van der Waals surface area contributed by atoms with E-state index in [2.05, 4.69) is 62.5 Å². The number of rotatable bonds is 2. The molecule has 0 saturated heterocycles. The fraction of sp³-hybridized carbons (Fsp3) is 0.333. The molecule has 1 heteroatoms. The third kappa shape index (κ3) is 1.84. The molecule has 0 aromatic carbocycles. The van der Waals surface area contributed by atoms with Crippen molar-refractivity contribution in [3.05, 3.63) is 48.6 Å². The third-order valence-corrected chi connectivity index (χ3v) is 4.27. The van der Waals surface area contributed by atoms with Crippen molar-refractivity contribution < 1.29 is 0 Å². The van der Waals surface area contributed by atoms with E-state index in [1.165, 1.54) is 0 Å². The van der Waals surface area contributed by atoms with Crippen LogP contribution in [0.3, 0.4) is 0 Å². The number of hydrogen-bond donors (Lipinski definition) is 0. The predicted molar refractivity (Wildman–Crippen MR) is 61.7 cm³/mol. The van der Waals surface area contributed by atoms with Crippen molar-refractivity contribution in [2.75, 3.05) is 0 Å². The van der Waals surface area contributed by atoms with Crippen molar-refractivity contribution in [3.8, 4) is 0 Å². The molecule has 0 amide bonds. The second kappa shape index (κ2) is 2.96. The Balaban J connectivity index is 2.14. The Labute approximate surface area is 81.9 Å². The van der Waals surface area contributed by atoms with Gasteiger partial charge in [-0.1, -0.05) is 57.2 Å². The minimum atomic E-state index is 0.285. The fourth-order valence-corrected chi connectivity index (χ4v) is 3.76. The van der Waals surface area contributed by atoms with Crippen LogP contribution in [0.4, 0.5) is 0 Å². The molecule has 0 radical (unpaired) electrons. The van der Waals surface area contributed by atoms with Gasteiger partial charge in [0.2, 0.25) is 0 Å². The summed E-state index contributed by atoms with van der Waals surface area (Å²) in [7, 11) is 0.898. The summed E-state index contributed by atoms with van der Waals surface area (Å²) in [4.78, 5) is 0. The summed E-state index contributed by atoms with van der Waals surface area (Å²) >= 11 is 0. The van der Waals surface area contributed by atoms with Gasteiger partial charge >= 0.3 is 0 Å². The maximum atomic E-state index is 2.30. The van der Waals surface area contributed by atoms with E-state index in [9.17, 15) is 0 Å². The third-order valence-electron chi connectivity index (χ3n) is 2.53. The van der Waals surface area contributed by atoms with Crippen molar-refractivity contribution in [3.63, 3.8) is 0 Å². The zero-order chi connectivity index (χ0) is 9.36. The standard InChI is InChI=1S/C12H15P/c1-11(7-3-4-8-11)13-12(2)9-5-6-10-12/h3-10,13H,1-2H3. The van der Waals surface area contributed by atoms with Crippen LogP contribution in [-0.2, 0) is 0 Å². The van der Waals surface area contributed by atoms with Crippen LogP contribution in [0.2, 0.25) is 0 Å². The summed E-state index contributed by atoms with van der Waals surface area (Å²) in [6.07, 6.45) is 17.8. The zero-order valence-electron chi connectivity index (χ0n) is 8.12. The number of allylic oxidation sites excluding steroid dienone is 8. The summed E-state index contributed by atoms with van der Waals surface area (Å²) in [5.41, 5.74) is 0. The van der Waals surface area contributed by atoms with Gasteiger partial charge in [0.1, 0.15) is 0 Å². The highest BCUT2D eigenvalue weighted by molar-refractivity contribution is 7.43. The normalized spacial score (nSPS) is 26.0. The Morgan fingerprint density at radius 2 is 1.00 bits per heavy atom. The molecule has 0 aromatic heterocycles. The van der Waals surface area contributed by atoms with Crippen LogP contribution < -0.4 is 0 Å². The van der Waals surface area contributed by atoms with Crippen molar-refractivity contribution in [2.24, 2.45) is 0 Å². The van der Waals surface area contributed by atoms with Crippen LogP contribution in [0.15, 0.2) is 48.6 Å². The van der Waals surface area contributed by atoms with Gasteiger partial charge in [-0.25, -0.2) is 0 Å². The summed E-state index contributed by atoms with van der Waals surface area (Å²) in [6, 6.07) is 0. The zero-order valence-corrected chi connectivity index (χ0v) is 9.12. The minimum Gasteiger partial charge on any atom is -0.0936 e. The Morgan fingerprint density at radius 1 is 0.692 bits per heavy atom. The molecule has 68 valence electrons.